The first-order valence-corrected chi connectivity index (χ1v) is 8.10. The molecule has 1 unspecified atom stereocenters. The smallest absolute Gasteiger partial charge is 0.193 e. The summed E-state index contributed by atoms with van der Waals surface area (Å²) in [6, 6.07) is 10.3. The van der Waals surface area contributed by atoms with E-state index in [1.165, 1.54) is 10.9 Å². The van der Waals surface area contributed by atoms with E-state index in [4.69, 9.17) is 4.74 Å². The largest absolute Gasteiger partial charge is 0.381 e. The summed E-state index contributed by atoms with van der Waals surface area (Å²) in [5.74, 6) is 1.50. The topological polar surface area (TPSA) is 49.8 Å². The molecule has 5 nitrogen and oxygen atoms in total. The van der Waals surface area contributed by atoms with Crippen LogP contribution in [0.2, 0.25) is 0 Å². The van der Waals surface area contributed by atoms with E-state index in [0.717, 1.165) is 37.7 Å². The SMILES string of the molecule is CN=C(NCc1cccc2cccnc12)N(C)CC1CCOC1. The van der Waals surface area contributed by atoms with E-state index in [9.17, 15) is 0 Å². The van der Waals surface area contributed by atoms with Crippen molar-refractivity contribution >= 4 is 16.9 Å². The first kappa shape index (κ1) is 15.7. The number of pyridine rings is 1. The van der Waals surface area contributed by atoms with Crippen molar-refractivity contribution in [2.45, 2.75) is 13.0 Å². The number of aromatic nitrogens is 1. The molecule has 1 N–H and O–H groups in total. The fourth-order valence-corrected chi connectivity index (χ4v) is 3.07. The van der Waals surface area contributed by atoms with Gasteiger partial charge in [-0.1, -0.05) is 24.3 Å². The van der Waals surface area contributed by atoms with Crippen molar-refractivity contribution in [1.29, 1.82) is 0 Å². The highest BCUT2D eigenvalue weighted by Crippen LogP contribution is 2.16. The van der Waals surface area contributed by atoms with Crippen molar-refractivity contribution in [3.63, 3.8) is 0 Å². The second kappa shape index (κ2) is 7.42. The monoisotopic (exact) mass is 312 g/mol. The van der Waals surface area contributed by atoms with Crippen LogP contribution in [0.1, 0.15) is 12.0 Å². The molecule has 0 amide bonds. The Balaban J connectivity index is 1.65. The number of ether oxygens (including phenoxy) is 1. The molecule has 0 spiro atoms. The third-order valence-corrected chi connectivity index (χ3v) is 4.28. The number of rotatable bonds is 4. The molecule has 1 atom stereocenters. The Kier molecular flexibility index (Phi) is 5.08. The molecule has 1 aromatic carbocycles. The second-order valence-electron chi connectivity index (χ2n) is 6.00. The summed E-state index contributed by atoms with van der Waals surface area (Å²) < 4.78 is 5.45. The number of nitrogens with zero attached hydrogens (tertiary/aromatic N) is 3. The average molecular weight is 312 g/mol. The number of nitrogens with one attached hydrogen (secondary N) is 1. The van der Waals surface area contributed by atoms with Crippen LogP contribution in [0.15, 0.2) is 41.5 Å². The lowest BCUT2D eigenvalue weighted by molar-refractivity contribution is 0.181. The van der Waals surface area contributed by atoms with E-state index in [-0.39, 0.29) is 0 Å². The lowest BCUT2D eigenvalue weighted by Crippen LogP contribution is -2.41. The van der Waals surface area contributed by atoms with Gasteiger partial charge in [0.1, 0.15) is 0 Å². The van der Waals surface area contributed by atoms with Crippen LogP contribution in [0.25, 0.3) is 10.9 Å². The fraction of sp³-hybridized carbons (Fsp3) is 0.444. The van der Waals surface area contributed by atoms with E-state index in [1.807, 2.05) is 19.3 Å². The predicted molar refractivity (Wildman–Crippen MR) is 93.5 cm³/mol. The zero-order valence-electron chi connectivity index (χ0n) is 13.8. The number of para-hydroxylation sites is 1. The Labute approximate surface area is 137 Å². The molecule has 1 fully saturated rings. The second-order valence-corrected chi connectivity index (χ2v) is 6.00. The Morgan fingerprint density at radius 1 is 1.39 bits per heavy atom. The highest BCUT2D eigenvalue weighted by atomic mass is 16.5. The van der Waals surface area contributed by atoms with Gasteiger partial charge in [-0.3, -0.25) is 9.98 Å². The number of benzene rings is 1. The molecule has 23 heavy (non-hydrogen) atoms. The quantitative estimate of drug-likeness (QED) is 0.695. The molecule has 0 bridgehead atoms. The molecule has 0 saturated carbocycles. The van der Waals surface area contributed by atoms with Crippen molar-refractivity contribution in [3.05, 3.63) is 42.1 Å². The van der Waals surface area contributed by atoms with Crippen molar-refractivity contribution in [2.75, 3.05) is 33.9 Å². The summed E-state index contributed by atoms with van der Waals surface area (Å²) >= 11 is 0. The lowest BCUT2D eigenvalue weighted by atomic mass is 10.1. The van der Waals surface area contributed by atoms with Crippen LogP contribution in [0.5, 0.6) is 0 Å². The molecule has 2 aromatic rings. The zero-order chi connectivity index (χ0) is 16.1. The van der Waals surface area contributed by atoms with Crippen molar-refractivity contribution in [3.8, 4) is 0 Å². The summed E-state index contributed by atoms with van der Waals surface area (Å²) in [6.45, 7) is 3.42. The molecular weight excluding hydrogens is 288 g/mol. The van der Waals surface area contributed by atoms with Crippen LogP contribution in [0, 0.1) is 5.92 Å². The maximum atomic E-state index is 5.45. The minimum atomic E-state index is 0.595. The Bertz CT molecular complexity index is 674. The highest BCUT2D eigenvalue weighted by molar-refractivity contribution is 5.83. The number of fused-ring (bicyclic) bond motifs is 1. The molecular formula is C18H24N4O. The van der Waals surface area contributed by atoms with Crippen LogP contribution < -0.4 is 5.32 Å². The molecule has 0 aliphatic carbocycles. The van der Waals surface area contributed by atoms with Crippen LogP contribution >= 0.6 is 0 Å². The summed E-state index contributed by atoms with van der Waals surface area (Å²) in [5.41, 5.74) is 2.23. The van der Waals surface area contributed by atoms with Crippen molar-refractivity contribution in [1.82, 2.24) is 15.2 Å². The standard InChI is InChI=1S/C18H24N4O/c1-19-18(22(2)12-14-8-10-23-13-14)21-11-16-6-3-5-15-7-4-9-20-17(15)16/h3-7,9,14H,8,10-13H2,1-2H3,(H,19,21). The number of aliphatic imine (C=N–C) groups is 1. The molecule has 0 radical (unpaired) electrons. The van der Waals surface area contributed by atoms with Gasteiger partial charge in [0.15, 0.2) is 5.96 Å². The van der Waals surface area contributed by atoms with Gasteiger partial charge in [-0.15, -0.1) is 0 Å². The zero-order valence-corrected chi connectivity index (χ0v) is 13.8. The minimum absolute atomic E-state index is 0.595. The van der Waals surface area contributed by atoms with Crippen molar-refractivity contribution < 1.29 is 4.74 Å². The molecule has 1 aliphatic rings. The molecule has 1 aliphatic heterocycles. The molecule has 5 heteroatoms. The number of hydrogen-bond donors (Lipinski definition) is 1. The Hall–Kier alpha value is -2.14. The number of hydrogen-bond acceptors (Lipinski definition) is 3. The summed E-state index contributed by atoms with van der Waals surface area (Å²) in [5, 5.41) is 4.61. The average Bonchev–Trinajstić information content (AvgIpc) is 3.08. The maximum absolute atomic E-state index is 5.45. The normalized spacial score (nSPS) is 18.3. The summed E-state index contributed by atoms with van der Waals surface area (Å²) in [4.78, 5) is 11.1. The van der Waals surface area contributed by atoms with E-state index in [0.29, 0.717) is 12.5 Å². The number of guanidine groups is 1. The molecule has 1 saturated heterocycles. The van der Waals surface area contributed by atoms with Gasteiger partial charge in [0.2, 0.25) is 0 Å². The van der Waals surface area contributed by atoms with Gasteiger partial charge in [0.25, 0.3) is 0 Å². The van der Waals surface area contributed by atoms with Gasteiger partial charge in [0, 0.05) is 51.3 Å². The third kappa shape index (κ3) is 3.79. The van der Waals surface area contributed by atoms with Crippen LogP contribution in [0.4, 0.5) is 0 Å². The summed E-state index contributed by atoms with van der Waals surface area (Å²) in [7, 11) is 3.90. The van der Waals surface area contributed by atoms with Crippen LogP contribution in [0.3, 0.4) is 0 Å². The van der Waals surface area contributed by atoms with Crippen LogP contribution in [-0.4, -0.2) is 49.7 Å². The van der Waals surface area contributed by atoms with Gasteiger partial charge < -0.3 is 15.0 Å². The first-order chi connectivity index (χ1) is 11.3. The minimum Gasteiger partial charge on any atom is -0.381 e. The van der Waals surface area contributed by atoms with E-state index < -0.39 is 0 Å². The molecule has 122 valence electrons. The van der Waals surface area contributed by atoms with E-state index in [2.05, 4.69) is 51.5 Å². The summed E-state index contributed by atoms with van der Waals surface area (Å²) in [6.07, 6.45) is 2.97. The third-order valence-electron chi connectivity index (χ3n) is 4.28. The Morgan fingerprint density at radius 3 is 3.04 bits per heavy atom. The molecule has 1 aromatic heterocycles. The predicted octanol–water partition coefficient (Wildman–Crippen LogP) is 2.28. The fourth-order valence-electron chi connectivity index (χ4n) is 3.07. The Morgan fingerprint density at radius 2 is 2.26 bits per heavy atom. The maximum Gasteiger partial charge on any atom is 0.193 e. The van der Waals surface area contributed by atoms with Gasteiger partial charge >= 0.3 is 0 Å². The van der Waals surface area contributed by atoms with Gasteiger partial charge in [-0.05, 0) is 18.1 Å². The van der Waals surface area contributed by atoms with Gasteiger partial charge in [0.05, 0.1) is 12.1 Å². The van der Waals surface area contributed by atoms with Gasteiger partial charge in [-0.25, -0.2) is 0 Å². The molecule has 3 rings (SSSR count). The lowest BCUT2D eigenvalue weighted by Gasteiger charge is -2.24. The van der Waals surface area contributed by atoms with E-state index in [1.54, 1.807) is 0 Å². The van der Waals surface area contributed by atoms with Crippen LogP contribution in [-0.2, 0) is 11.3 Å². The first-order valence-electron chi connectivity index (χ1n) is 8.10. The molecule has 2 heterocycles. The van der Waals surface area contributed by atoms with Gasteiger partial charge in [-0.2, -0.15) is 0 Å². The van der Waals surface area contributed by atoms with E-state index >= 15 is 0 Å². The highest BCUT2D eigenvalue weighted by Gasteiger charge is 2.19. The van der Waals surface area contributed by atoms with Crippen molar-refractivity contribution in [2.24, 2.45) is 10.9 Å².